The van der Waals surface area contributed by atoms with Gasteiger partial charge in [0.05, 0.1) is 12.0 Å². The van der Waals surface area contributed by atoms with Gasteiger partial charge in [0, 0.05) is 32.3 Å². The molecule has 76 valence electrons. The van der Waals surface area contributed by atoms with Crippen LogP contribution in [0.1, 0.15) is 26.0 Å². The van der Waals surface area contributed by atoms with E-state index in [9.17, 15) is 0 Å². The second kappa shape index (κ2) is 6.22. The SMILES string of the molecule is CC#CCCNCc1cncn1CC. The molecular weight excluding hydrogens is 174 g/mol. The summed E-state index contributed by atoms with van der Waals surface area (Å²) in [6.07, 6.45) is 4.68. The van der Waals surface area contributed by atoms with Gasteiger partial charge < -0.3 is 9.88 Å². The zero-order valence-corrected chi connectivity index (χ0v) is 8.88. The molecule has 14 heavy (non-hydrogen) atoms. The Morgan fingerprint density at radius 1 is 1.57 bits per heavy atom. The van der Waals surface area contributed by atoms with Crippen LogP contribution in [0, 0.1) is 11.8 Å². The average molecular weight is 191 g/mol. The van der Waals surface area contributed by atoms with Crippen LogP contribution < -0.4 is 5.32 Å². The highest BCUT2D eigenvalue weighted by Crippen LogP contribution is 1.97. The van der Waals surface area contributed by atoms with Crippen LogP contribution in [-0.2, 0) is 13.1 Å². The normalized spacial score (nSPS) is 9.57. The number of hydrogen-bond donors (Lipinski definition) is 1. The van der Waals surface area contributed by atoms with Crippen molar-refractivity contribution in [3.63, 3.8) is 0 Å². The van der Waals surface area contributed by atoms with Crippen molar-refractivity contribution in [2.45, 2.75) is 33.4 Å². The first-order valence-electron chi connectivity index (χ1n) is 4.97. The van der Waals surface area contributed by atoms with Crippen molar-refractivity contribution in [2.24, 2.45) is 0 Å². The summed E-state index contributed by atoms with van der Waals surface area (Å²) in [5.74, 6) is 5.90. The van der Waals surface area contributed by atoms with Gasteiger partial charge in [0.2, 0.25) is 0 Å². The third-order valence-electron chi connectivity index (χ3n) is 2.05. The van der Waals surface area contributed by atoms with E-state index in [1.807, 2.05) is 19.4 Å². The van der Waals surface area contributed by atoms with Crippen LogP contribution in [0.15, 0.2) is 12.5 Å². The molecule has 3 nitrogen and oxygen atoms in total. The van der Waals surface area contributed by atoms with Crippen LogP contribution in [0.5, 0.6) is 0 Å². The highest BCUT2D eigenvalue weighted by Gasteiger charge is 1.97. The highest BCUT2D eigenvalue weighted by molar-refractivity contribution is 4.98. The van der Waals surface area contributed by atoms with Crippen LogP contribution in [0.25, 0.3) is 0 Å². The fourth-order valence-electron chi connectivity index (χ4n) is 1.27. The Hall–Kier alpha value is -1.27. The fourth-order valence-corrected chi connectivity index (χ4v) is 1.27. The Morgan fingerprint density at radius 2 is 2.43 bits per heavy atom. The Labute approximate surface area is 85.5 Å². The van der Waals surface area contributed by atoms with E-state index in [0.717, 1.165) is 26.1 Å². The maximum Gasteiger partial charge on any atom is 0.0948 e. The van der Waals surface area contributed by atoms with Gasteiger partial charge in [-0.1, -0.05) is 0 Å². The molecule has 0 spiro atoms. The van der Waals surface area contributed by atoms with Gasteiger partial charge in [-0.3, -0.25) is 0 Å². The van der Waals surface area contributed by atoms with E-state index in [0.29, 0.717) is 0 Å². The molecule has 0 radical (unpaired) electrons. The summed E-state index contributed by atoms with van der Waals surface area (Å²) in [4.78, 5) is 4.10. The van der Waals surface area contributed by atoms with Crippen LogP contribution in [0.3, 0.4) is 0 Å². The molecular formula is C11H17N3. The van der Waals surface area contributed by atoms with E-state index < -0.39 is 0 Å². The number of aryl methyl sites for hydroxylation is 1. The third kappa shape index (κ3) is 3.23. The Kier molecular flexibility index (Phi) is 4.81. The molecule has 0 aliphatic heterocycles. The number of nitrogens with zero attached hydrogens (tertiary/aromatic N) is 2. The lowest BCUT2D eigenvalue weighted by molar-refractivity contribution is 0.634. The van der Waals surface area contributed by atoms with Crippen LogP contribution in [-0.4, -0.2) is 16.1 Å². The van der Waals surface area contributed by atoms with E-state index in [4.69, 9.17) is 0 Å². The lowest BCUT2D eigenvalue weighted by Crippen LogP contribution is -2.16. The first-order chi connectivity index (χ1) is 6.88. The second-order valence-electron chi connectivity index (χ2n) is 3.02. The lowest BCUT2D eigenvalue weighted by atomic mass is 10.4. The molecule has 1 N–H and O–H groups in total. The van der Waals surface area contributed by atoms with E-state index in [-0.39, 0.29) is 0 Å². The van der Waals surface area contributed by atoms with Crippen LogP contribution >= 0.6 is 0 Å². The van der Waals surface area contributed by atoms with Crippen molar-refractivity contribution < 1.29 is 0 Å². The summed E-state index contributed by atoms with van der Waals surface area (Å²) < 4.78 is 2.14. The minimum Gasteiger partial charge on any atom is -0.334 e. The van der Waals surface area contributed by atoms with E-state index in [1.165, 1.54) is 5.69 Å². The number of imidazole rings is 1. The Bertz CT molecular complexity index is 317. The quantitative estimate of drug-likeness (QED) is 0.563. The summed E-state index contributed by atoms with van der Waals surface area (Å²) in [6.45, 7) is 6.78. The van der Waals surface area contributed by atoms with Crippen molar-refractivity contribution in [1.29, 1.82) is 0 Å². The Balaban J connectivity index is 2.26. The summed E-state index contributed by atoms with van der Waals surface area (Å²) in [5.41, 5.74) is 1.23. The fraction of sp³-hybridized carbons (Fsp3) is 0.545. The van der Waals surface area contributed by atoms with Crippen molar-refractivity contribution in [2.75, 3.05) is 6.54 Å². The summed E-state index contributed by atoms with van der Waals surface area (Å²) in [7, 11) is 0. The predicted molar refractivity (Wildman–Crippen MR) is 57.7 cm³/mol. The zero-order valence-electron chi connectivity index (χ0n) is 8.88. The van der Waals surface area contributed by atoms with Gasteiger partial charge in [-0.15, -0.1) is 11.8 Å². The standard InChI is InChI=1S/C11H17N3/c1-3-5-6-7-12-8-11-9-13-10-14(11)4-2/h9-10,12H,4,6-8H2,1-2H3. The van der Waals surface area contributed by atoms with Gasteiger partial charge in [0.1, 0.15) is 0 Å². The molecule has 1 aromatic rings. The number of hydrogen-bond acceptors (Lipinski definition) is 2. The molecule has 0 saturated carbocycles. The molecule has 0 aliphatic rings. The minimum atomic E-state index is 0.874. The molecule has 1 heterocycles. The molecule has 0 fully saturated rings. The smallest absolute Gasteiger partial charge is 0.0948 e. The molecule has 0 amide bonds. The molecule has 1 rings (SSSR count). The Morgan fingerprint density at radius 3 is 3.14 bits per heavy atom. The largest absolute Gasteiger partial charge is 0.334 e. The van der Waals surface area contributed by atoms with Gasteiger partial charge >= 0.3 is 0 Å². The molecule has 1 aromatic heterocycles. The summed E-state index contributed by atoms with van der Waals surface area (Å²) in [5, 5.41) is 3.33. The van der Waals surface area contributed by atoms with Crippen molar-refractivity contribution in [1.82, 2.24) is 14.9 Å². The van der Waals surface area contributed by atoms with Gasteiger partial charge in [0.15, 0.2) is 0 Å². The van der Waals surface area contributed by atoms with Crippen molar-refractivity contribution in [3.8, 4) is 11.8 Å². The maximum atomic E-state index is 4.10. The van der Waals surface area contributed by atoms with E-state index >= 15 is 0 Å². The molecule has 0 atom stereocenters. The number of aromatic nitrogens is 2. The maximum absolute atomic E-state index is 4.10. The van der Waals surface area contributed by atoms with Gasteiger partial charge in [0.25, 0.3) is 0 Å². The van der Waals surface area contributed by atoms with Crippen LogP contribution in [0.2, 0.25) is 0 Å². The topological polar surface area (TPSA) is 29.9 Å². The minimum absolute atomic E-state index is 0.874. The van der Waals surface area contributed by atoms with Crippen LogP contribution in [0.4, 0.5) is 0 Å². The molecule has 0 saturated heterocycles. The summed E-state index contributed by atoms with van der Waals surface area (Å²) in [6, 6.07) is 0. The molecule has 0 aliphatic carbocycles. The van der Waals surface area contributed by atoms with Crippen molar-refractivity contribution >= 4 is 0 Å². The highest BCUT2D eigenvalue weighted by atomic mass is 15.1. The van der Waals surface area contributed by atoms with E-state index in [2.05, 4.69) is 33.6 Å². The number of nitrogens with one attached hydrogen (secondary N) is 1. The van der Waals surface area contributed by atoms with Crippen molar-refractivity contribution in [3.05, 3.63) is 18.2 Å². The van der Waals surface area contributed by atoms with Gasteiger partial charge in [-0.25, -0.2) is 4.98 Å². The van der Waals surface area contributed by atoms with Gasteiger partial charge in [-0.2, -0.15) is 0 Å². The lowest BCUT2D eigenvalue weighted by Gasteiger charge is -2.05. The zero-order chi connectivity index (χ0) is 10.2. The summed E-state index contributed by atoms with van der Waals surface area (Å²) >= 11 is 0. The van der Waals surface area contributed by atoms with Gasteiger partial charge in [-0.05, 0) is 13.8 Å². The molecule has 3 heteroatoms. The predicted octanol–water partition coefficient (Wildman–Crippen LogP) is 1.41. The molecule has 0 unspecified atom stereocenters. The van der Waals surface area contributed by atoms with E-state index in [1.54, 1.807) is 0 Å². The molecule has 0 bridgehead atoms. The number of rotatable bonds is 5. The molecule has 0 aromatic carbocycles. The average Bonchev–Trinajstić information content (AvgIpc) is 2.65. The first kappa shape index (κ1) is 10.8. The first-order valence-corrected chi connectivity index (χ1v) is 4.97. The second-order valence-corrected chi connectivity index (χ2v) is 3.02. The third-order valence-corrected chi connectivity index (χ3v) is 2.05. The monoisotopic (exact) mass is 191 g/mol.